The maximum Gasteiger partial charge on any atom is 0.0768 e. The molecule has 2 N–H and O–H groups in total. The van der Waals surface area contributed by atoms with Crippen LogP contribution >= 0.6 is 0 Å². The minimum absolute atomic E-state index is 0.255. The summed E-state index contributed by atoms with van der Waals surface area (Å²) in [5.74, 6) is 0.268. The summed E-state index contributed by atoms with van der Waals surface area (Å²) in [5, 5.41) is 19.4. The number of nitrogens with zero attached hydrogens (tertiary/aromatic N) is 1. The van der Waals surface area contributed by atoms with Gasteiger partial charge in [0, 0.05) is 19.2 Å². The summed E-state index contributed by atoms with van der Waals surface area (Å²) < 4.78 is 0. The largest absolute Gasteiger partial charge is 0.396 e. The molecule has 3 heteroatoms. The Morgan fingerprint density at radius 1 is 1.38 bits per heavy atom. The molecule has 0 aromatic carbocycles. The molecule has 3 nitrogen and oxygen atoms in total. The van der Waals surface area contributed by atoms with Crippen molar-refractivity contribution in [1.29, 1.82) is 0 Å². The topological polar surface area (TPSA) is 43.7 Å². The van der Waals surface area contributed by atoms with Crippen molar-refractivity contribution in [2.24, 2.45) is 5.92 Å². The van der Waals surface area contributed by atoms with E-state index in [9.17, 15) is 5.11 Å². The summed E-state index contributed by atoms with van der Waals surface area (Å²) >= 11 is 0. The van der Waals surface area contributed by atoms with Crippen molar-refractivity contribution in [1.82, 2.24) is 4.90 Å². The Labute approximate surface area is 99.5 Å². The van der Waals surface area contributed by atoms with E-state index in [0.29, 0.717) is 6.04 Å². The number of hydrogen-bond acceptors (Lipinski definition) is 3. The molecule has 1 aliphatic heterocycles. The van der Waals surface area contributed by atoms with Gasteiger partial charge in [-0.05, 0) is 38.6 Å². The van der Waals surface area contributed by atoms with Crippen LogP contribution in [0.25, 0.3) is 0 Å². The first kappa shape index (κ1) is 13.9. The highest BCUT2D eigenvalue weighted by atomic mass is 16.3. The van der Waals surface area contributed by atoms with Gasteiger partial charge in [0.15, 0.2) is 0 Å². The zero-order valence-electron chi connectivity index (χ0n) is 10.9. The summed E-state index contributed by atoms with van der Waals surface area (Å²) in [6.07, 6.45) is 4.48. The molecule has 1 fully saturated rings. The van der Waals surface area contributed by atoms with E-state index in [0.717, 1.165) is 25.9 Å². The molecule has 96 valence electrons. The molecular formula is C13H27NO2. The van der Waals surface area contributed by atoms with E-state index in [1.54, 1.807) is 0 Å². The lowest BCUT2D eigenvalue weighted by Crippen LogP contribution is -2.50. The third-order valence-corrected chi connectivity index (χ3v) is 3.98. The molecule has 1 rings (SSSR count). The highest BCUT2D eigenvalue weighted by Gasteiger charge is 2.31. The van der Waals surface area contributed by atoms with Crippen molar-refractivity contribution in [3.05, 3.63) is 0 Å². The summed E-state index contributed by atoms with van der Waals surface area (Å²) in [7, 11) is 0. The van der Waals surface area contributed by atoms with Gasteiger partial charge in [-0.25, -0.2) is 0 Å². The van der Waals surface area contributed by atoms with Gasteiger partial charge in [-0.2, -0.15) is 0 Å². The van der Waals surface area contributed by atoms with Crippen LogP contribution in [-0.4, -0.2) is 46.5 Å². The van der Waals surface area contributed by atoms with Crippen molar-refractivity contribution in [2.45, 2.75) is 58.1 Å². The first-order chi connectivity index (χ1) is 7.47. The maximum absolute atomic E-state index is 10.3. The number of hydrogen-bond donors (Lipinski definition) is 2. The molecule has 0 aromatic heterocycles. The summed E-state index contributed by atoms with van der Waals surface area (Å²) in [4.78, 5) is 2.36. The van der Waals surface area contributed by atoms with Gasteiger partial charge >= 0.3 is 0 Å². The van der Waals surface area contributed by atoms with Gasteiger partial charge in [0.05, 0.1) is 5.60 Å². The average Bonchev–Trinajstić information content (AvgIpc) is 2.20. The fourth-order valence-corrected chi connectivity index (χ4v) is 2.34. The fourth-order valence-electron chi connectivity index (χ4n) is 2.34. The maximum atomic E-state index is 10.3. The van der Waals surface area contributed by atoms with Gasteiger partial charge in [0.25, 0.3) is 0 Å². The number of aliphatic hydroxyl groups excluding tert-OH is 1. The molecule has 2 atom stereocenters. The van der Waals surface area contributed by atoms with Gasteiger partial charge in [0.1, 0.15) is 0 Å². The SMILES string of the molecule is CC(C)C(C)(O)CN1CCCCC1CCO. The van der Waals surface area contributed by atoms with Gasteiger partial charge in [-0.1, -0.05) is 20.3 Å². The molecule has 1 heterocycles. The average molecular weight is 229 g/mol. The first-order valence-corrected chi connectivity index (χ1v) is 6.54. The lowest BCUT2D eigenvalue weighted by atomic mass is 9.89. The Morgan fingerprint density at radius 2 is 2.06 bits per heavy atom. The van der Waals surface area contributed by atoms with E-state index >= 15 is 0 Å². The van der Waals surface area contributed by atoms with Crippen LogP contribution in [0.5, 0.6) is 0 Å². The zero-order valence-corrected chi connectivity index (χ0v) is 10.9. The predicted octanol–water partition coefficient (Wildman–Crippen LogP) is 1.63. The molecule has 0 bridgehead atoms. The van der Waals surface area contributed by atoms with E-state index in [1.807, 2.05) is 6.92 Å². The molecule has 0 amide bonds. The van der Waals surface area contributed by atoms with Crippen molar-refractivity contribution in [2.75, 3.05) is 19.7 Å². The van der Waals surface area contributed by atoms with E-state index in [2.05, 4.69) is 18.7 Å². The van der Waals surface area contributed by atoms with Crippen LogP contribution in [0.4, 0.5) is 0 Å². The smallest absolute Gasteiger partial charge is 0.0768 e. The zero-order chi connectivity index (χ0) is 12.2. The van der Waals surface area contributed by atoms with Crippen molar-refractivity contribution < 1.29 is 10.2 Å². The van der Waals surface area contributed by atoms with E-state index in [1.165, 1.54) is 12.8 Å². The van der Waals surface area contributed by atoms with Crippen LogP contribution in [0.15, 0.2) is 0 Å². The minimum Gasteiger partial charge on any atom is -0.396 e. The second-order valence-corrected chi connectivity index (χ2v) is 5.64. The predicted molar refractivity (Wildman–Crippen MR) is 66.4 cm³/mol. The van der Waals surface area contributed by atoms with Crippen LogP contribution in [0, 0.1) is 5.92 Å². The Hall–Kier alpha value is -0.120. The Bertz CT molecular complexity index is 202. The monoisotopic (exact) mass is 229 g/mol. The normalized spacial score (nSPS) is 27.0. The molecule has 0 spiro atoms. The molecule has 1 saturated heterocycles. The van der Waals surface area contributed by atoms with Crippen LogP contribution in [-0.2, 0) is 0 Å². The van der Waals surface area contributed by atoms with E-state index in [4.69, 9.17) is 5.11 Å². The molecular weight excluding hydrogens is 202 g/mol. The van der Waals surface area contributed by atoms with Crippen LogP contribution in [0.1, 0.15) is 46.5 Å². The third-order valence-electron chi connectivity index (χ3n) is 3.98. The standard InChI is InChI=1S/C13H27NO2/c1-11(2)13(3,16)10-14-8-5-4-6-12(14)7-9-15/h11-12,15-16H,4-10H2,1-3H3. The molecule has 0 saturated carbocycles. The molecule has 1 aliphatic rings. The highest BCUT2D eigenvalue weighted by Crippen LogP contribution is 2.24. The second-order valence-electron chi connectivity index (χ2n) is 5.64. The lowest BCUT2D eigenvalue weighted by Gasteiger charge is -2.41. The summed E-state index contributed by atoms with van der Waals surface area (Å²) in [6.45, 7) is 8.09. The quantitative estimate of drug-likeness (QED) is 0.753. The van der Waals surface area contributed by atoms with Crippen molar-refractivity contribution in [3.8, 4) is 0 Å². The third kappa shape index (κ3) is 3.72. The second kappa shape index (κ2) is 5.99. The summed E-state index contributed by atoms with van der Waals surface area (Å²) in [6, 6.07) is 0.462. The van der Waals surface area contributed by atoms with Gasteiger partial charge in [-0.3, -0.25) is 4.90 Å². The number of piperidine rings is 1. The van der Waals surface area contributed by atoms with Crippen LogP contribution < -0.4 is 0 Å². The van der Waals surface area contributed by atoms with Gasteiger partial charge in [0.2, 0.25) is 0 Å². The van der Waals surface area contributed by atoms with Gasteiger partial charge < -0.3 is 10.2 Å². The molecule has 2 unspecified atom stereocenters. The van der Waals surface area contributed by atoms with Crippen LogP contribution in [0.2, 0.25) is 0 Å². The Balaban J connectivity index is 2.55. The van der Waals surface area contributed by atoms with Crippen molar-refractivity contribution in [3.63, 3.8) is 0 Å². The van der Waals surface area contributed by atoms with E-state index < -0.39 is 5.60 Å². The number of aliphatic hydroxyl groups is 2. The molecule has 16 heavy (non-hydrogen) atoms. The molecule has 0 aromatic rings. The molecule has 0 aliphatic carbocycles. The lowest BCUT2D eigenvalue weighted by molar-refractivity contribution is -0.0385. The number of likely N-dealkylation sites (tertiary alicyclic amines) is 1. The van der Waals surface area contributed by atoms with Crippen LogP contribution in [0.3, 0.4) is 0 Å². The minimum atomic E-state index is -0.620. The Kier molecular flexibility index (Phi) is 5.22. The summed E-state index contributed by atoms with van der Waals surface area (Å²) in [5.41, 5.74) is -0.620. The van der Waals surface area contributed by atoms with Crippen molar-refractivity contribution >= 4 is 0 Å². The first-order valence-electron chi connectivity index (χ1n) is 6.54. The fraction of sp³-hybridized carbons (Fsp3) is 1.00. The number of β-amino-alcohol motifs (C(OH)–C–C–N with tert-alkyl or cyclic N) is 1. The number of rotatable bonds is 5. The molecule has 0 radical (unpaired) electrons. The van der Waals surface area contributed by atoms with E-state index in [-0.39, 0.29) is 12.5 Å². The van der Waals surface area contributed by atoms with Gasteiger partial charge in [-0.15, -0.1) is 0 Å². The Morgan fingerprint density at radius 3 is 2.62 bits per heavy atom. The highest BCUT2D eigenvalue weighted by molar-refractivity contribution is 4.85.